The van der Waals surface area contributed by atoms with Crippen molar-refractivity contribution >= 4 is 11.7 Å². The van der Waals surface area contributed by atoms with E-state index in [1.807, 2.05) is 23.2 Å². The highest BCUT2D eigenvalue weighted by Gasteiger charge is 2.41. The highest BCUT2D eigenvalue weighted by atomic mass is 16.5. The number of allylic oxidation sites excluding steroid dienone is 2. The van der Waals surface area contributed by atoms with Crippen LogP contribution in [0.5, 0.6) is 0 Å². The Labute approximate surface area is 143 Å². The van der Waals surface area contributed by atoms with Gasteiger partial charge in [-0.1, -0.05) is 18.2 Å². The molecule has 0 unspecified atom stereocenters. The summed E-state index contributed by atoms with van der Waals surface area (Å²) in [6, 6.07) is 6.04. The van der Waals surface area contributed by atoms with Crippen LogP contribution >= 0.6 is 0 Å². The lowest BCUT2D eigenvalue weighted by Crippen LogP contribution is -2.58. The molecule has 0 saturated carbocycles. The first kappa shape index (κ1) is 15.6. The summed E-state index contributed by atoms with van der Waals surface area (Å²) in [5.41, 5.74) is -0.125. The van der Waals surface area contributed by atoms with Crippen molar-refractivity contribution in [3.63, 3.8) is 0 Å². The van der Waals surface area contributed by atoms with Gasteiger partial charge in [-0.15, -0.1) is 0 Å². The largest absolute Gasteiger partial charge is 0.371 e. The number of nitrogens with zero attached hydrogens (tertiary/aromatic N) is 3. The summed E-state index contributed by atoms with van der Waals surface area (Å²) in [6.07, 6.45) is 9.75. The quantitative estimate of drug-likeness (QED) is 0.782. The zero-order valence-electron chi connectivity index (χ0n) is 14.1. The van der Waals surface area contributed by atoms with E-state index in [2.05, 4.69) is 28.1 Å². The molecule has 5 heteroatoms. The van der Waals surface area contributed by atoms with Crippen molar-refractivity contribution in [2.24, 2.45) is 5.92 Å². The van der Waals surface area contributed by atoms with Gasteiger partial charge in [0.15, 0.2) is 0 Å². The number of hydrogen-bond acceptors (Lipinski definition) is 4. The van der Waals surface area contributed by atoms with Crippen LogP contribution in [0.4, 0.5) is 5.82 Å². The highest BCUT2D eigenvalue weighted by Crippen LogP contribution is 2.33. The number of anilines is 1. The summed E-state index contributed by atoms with van der Waals surface area (Å²) >= 11 is 0. The third kappa shape index (κ3) is 3.05. The van der Waals surface area contributed by atoms with Crippen molar-refractivity contribution in [1.82, 2.24) is 9.88 Å². The minimum Gasteiger partial charge on any atom is -0.371 e. The third-order valence-corrected chi connectivity index (χ3v) is 5.57. The van der Waals surface area contributed by atoms with Crippen LogP contribution in [0.3, 0.4) is 0 Å². The highest BCUT2D eigenvalue weighted by molar-refractivity contribution is 5.79. The number of ether oxygens (including phenoxy) is 1. The zero-order valence-corrected chi connectivity index (χ0v) is 14.1. The standard InChI is InChI=1S/C19H25N3O2/c23-18(16-5-1-2-6-16)21-11-8-19(9-12-21)15-22(13-14-24-19)17-7-3-4-10-20-17/h1-4,7,10,16H,5-6,8-9,11-15H2. The number of pyridine rings is 1. The fraction of sp³-hybridized carbons (Fsp3) is 0.579. The minimum atomic E-state index is -0.125. The van der Waals surface area contributed by atoms with Crippen LogP contribution in [0.25, 0.3) is 0 Å². The lowest BCUT2D eigenvalue weighted by molar-refractivity contribution is -0.143. The van der Waals surface area contributed by atoms with Gasteiger partial charge in [0, 0.05) is 38.3 Å². The molecular formula is C19H25N3O2. The molecule has 1 amide bonds. The van der Waals surface area contributed by atoms with Crippen molar-refractivity contribution in [2.75, 3.05) is 37.7 Å². The molecule has 5 nitrogen and oxygen atoms in total. The Bertz CT molecular complexity index is 600. The maximum absolute atomic E-state index is 12.6. The SMILES string of the molecule is O=C(C1CC=CC1)N1CCC2(CC1)CN(c1ccccn1)CCO2. The molecule has 2 fully saturated rings. The van der Waals surface area contributed by atoms with Crippen LogP contribution in [0, 0.1) is 5.92 Å². The van der Waals surface area contributed by atoms with Crippen LogP contribution in [-0.2, 0) is 9.53 Å². The van der Waals surface area contributed by atoms with Gasteiger partial charge in [0.25, 0.3) is 0 Å². The number of carbonyl (C=O) groups is 1. The normalized spacial score (nSPS) is 23.8. The van der Waals surface area contributed by atoms with Crippen LogP contribution in [-0.4, -0.2) is 54.2 Å². The molecule has 2 saturated heterocycles. The van der Waals surface area contributed by atoms with Crippen molar-refractivity contribution in [3.8, 4) is 0 Å². The van der Waals surface area contributed by atoms with Gasteiger partial charge in [0.1, 0.15) is 5.82 Å². The molecule has 4 rings (SSSR count). The van der Waals surface area contributed by atoms with E-state index in [-0.39, 0.29) is 11.5 Å². The fourth-order valence-electron chi connectivity index (χ4n) is 4.10. The van der Waals surface area contributed by atoms with E-state index < -0.39 is 0 Å². The lowest BCUT2D eigenvalue weighted by atomic mass is 9.88. The Morgan fingerprint density at radius 2 is 1.96 bits per heavy atom. The molecule has 1 aromatic heterocycles. The van der Waals surface area contributed by atoms with Crippen molar-refractivity contribution < 1.29 is 9.53 Å². The first-order valence-electron chi connectivity index (χ1n) is 9.00. The number of morpholine rings is 1. The zero-order chi connectivity index (χ0) is 16.4. The van der Waals surface area contributed by atoms with Crippen molar-refractivity contribution in [1.29, 1.82) is 0 Å². The minimum absolute atomic E-state index is 0.125. The second-order valence-electron chi connectivity index (χ2n) is 7.11. The monoisotopic (exact) mass is 327 g/mol. The summed E-state index contributed by atoms with van der Waals surface area (Å²) in [5, 5.41) is 0. The predicted molar refractivity (Wildman–Crippen MR) is 92.8 cm³/mol. The van der Waals surface area contributed by atoms with Crippen molar-refractivity contribution in [2.45, 2.75) is 31.3 Å². The average Bonchev–Trinajstić information content (AvgIpc) is 3.17. The van der Waals surface area contributed by atoms with Gasteiger partial charge in [-0.2, -0.15) is 0 Å². The Kier molecular flexibility index (Phi) is 4.27. The molecule has 3 heterocycles. The lowest BCUT2D eigenvalue weighted by Gasteiger charge is -2.47. The number of likely N-dealkylation sites (tertiary alicyclic amines) is 1. The smallest absolute Gasteiger partial charge is 0.226 e. The van der Waals surface area contributed by atoms with E-state index in [1.54, 1.807) is 0 Å². The van der Waals surface area contributed by atoms with Gasteiger partial charge in [0.05, 0.1) is 12.2 Å². The van der Waals surface area contributed by atoms with Gasteiger partial charge in [-0.3, -0.25) is 4.79 Å². The number of rotatable bonds is 2. The molecule has 1 spiro atoms. The molecule has 24 heavy (non-hydrogen) atoms. The Balaban J connectivity index is 1.38. The summed E-state index contributed by atoms with van der Waals surface area (Å²) in [7, 11) is 0. The van der Waals surface area contributed by atoms with Crippen LogP contribution < -0.4 is 4.90 Å². The van der Waals surface area contributed by atoms with Gasteiger partial charge >= 0.3 is 0 Å². The number of amides is 1. The first-order chi connectivity index (χ1) is 11.8. The predicted octanol–water partition coefficient (Wildman–Crippen LogP) is 2.25. The maximum atomic E-state index is 12.6. The Morgan fingerprint density at radius 3 is 2.67 bits per heavy atom. The summed E-state index contributed by atoms with van der Waals surface area (Å²) in [5.74, 6) is 1.53. The Morgan fingerprint density at radius 1 is 1.17 bits per heavy atom. The van der Waals surface area contributed by atoms with E-state index in [0.29, 0.717) is 5.91 Å². The second-order valence-corrected chi connectivity index (χ2v) is 7.11. The van der Waals surface area contributed by atoms with Crippen LogP contribution in [0.15, 0.2) is 36.5 Å². The molecule has 128 valence electrons. The van der Waals surface area contributed by atoms with Crippen molar-refractivity contribution in [3.05, 3.63) is 36.5 Å². The Hall–Kier alpha value is -1.88. The number of aromatic nitrogens is 1. The van der Waals surface area contributed by atoms with Gasteiger partial charge < -0.3 is 14.5 Å². The molecule has 3 aliphatic rings. The number of piperidine rings is 1. The number of hydrogen-bond donors (Lipinski definition) is 0. The van der Waals surface area contributed by atoms with Gasteiger partial charge in [-0.25, -0.2) is 4.98 Å². The third-order valence-electron chi connectivity index (χ3n) is 5.57. The van der Waals surface area contributed by atoms with E-state index in [4.69, 9.17) is 4.74 Å². The maximum Gasteiger partial charge on any atom is 0.226 e. The molecular weight excluding hydrogens is 302 g/mol. The van der Waals surface area contributed by atoms with E-state index >= 15 is 0 Å². The summed E-state index contributed by atoms with van der Waals surface area (Å²) < 4.78 is 6.19. The summed E-state index contributed by atoms with van der Waals surface area (Å²) in [4.78, 5) is 21.4. The molecule has 1 aromatic rings. The molecule has 2 aliphatic heterocycles. The molecule has 1 aliphatic carbocycles. The van der Waals surface area contributed by atoms with Crippen LogP contribution in [0.1, 0.15) is 25.7 Å². The van der Waals surface area contributed by atoms with Crippen LogP contribution in [0.2, 0.25) is 0 Å². The van der Waals surface area contributed by atoms with Gasteiger partial charge in [-0.05, 0) is 37.8 Å². The molecule has 0 aromatic carbocycles. The number of carbonyl (C=O) groups excluding carboxylic acids is 1. The molecule has 0 radical (unpaired) electrons. The van der Waals surface area contributed by atoms with E-state index in [9.17, 15) is 4.79 Å². The molecule has 0 N–H and O–H groups in total. The topological polar surface area (TPSA) is 45.7 Å². The molecule has 0 bridgehead atoms. The van der Waals surface area contributed by atoms with E-state index in [1.165, 1.54) is 0 Å². The fourth-order valence-corrected chi connectivity index (χ4v) is 4.10. The first-order valence-corrected chi connectivity index (χ1v) is 9.00. The van der Waals surface area contributed by atoms with Gasteiger partial charge in [0.2, 0.25) is 5.91 Å². The average molecular weight is 327 g/mol. The summed E-state index contributed by atoms with van der Waals surface area (Å²) in [6.45, 7) is 4.11. The van der Waals surface area contributed by atoms with E-state index in [0.717, 1.165) is 64.3 Å². The molecule has 0 atom stereocenters. The second kappa shape index (κ2) is 6.55.